The zero-order chi connectivity index (χ0) is 19.7. The predicted molar refractivity (Wildman–Crippen MR) is 114 cm³/mol. The second-order valence-electron chi connectivity index (χ2n) is 6.59. The smallest absolute Gasteiger partial charge is 0.264 e. The van der Waals surface area contributed by atoms with E-state index in [1.54, 1.807) is 0 Å². The molecule has 0 radical (unpaired) electrons. The van der Waals surface area contributed by atoms with Crippen molar-refractivity contribution in [2.75, 3.05) is 0 Å². The molecule has 6 heteroatoms. The molecule has 0 saturated carbocycles. The molecule has 4 rings (SSSR count). The van der Waals surface area contributed by atoms with Gasteiger partial charge in [0.05, 0.1) is 16.7 Å². The molecule has 1 amide bonds. The summed E-state index contributed by atoms with van der Waals surface area (Å²) in [4.78, 5) is 17.7. The van der Waals surface area contributed by atoms with Crippen LogP contribution in [0.25, 0.3) is 17.0 Å². The van der Waals surface area contributed by atoms with Crippen LogP contribution in [0.3, 0.4) is 0 Å². The van der Waals surface area contributed by atoms with Crippen molar-refractivity contribution in [3.63, 3.8) is 0 Å². The fourth-order valence-corrected chi connectivity index (χ4v) is 4.01. The van der Waals surface area contributed by atoms with Crippen molar-refractivity contribution in [1.82, 2.24) is 9.88 Å². The Morgan fingerprint density at radius 2 is 2.04 bits per heavy atom. The Morgan fingerprint density at radius 3 is 2.86 bits per heavy atom. The highest BCUT2D eigenvalue weighted by atomic mass is 32.2. The Hall–Kier alpha value is -3.30. The summed E-state index contributed by atoms with van der Waals surface area (Å²) in [6.45, 7) is 4.33. The quantitative estimate of drug-likeness (QED) is 0.665. The number of thioether (sulfide) groups is 1. The average Bonchev–Trinajstić information content (AvgIpc) is 3.20. The molecule has 3 aromatic rings. The normalized spacial score (nSPS) is 16.7. The van der Waals surface area contributed by atoms with E-state index >= 15 is 0 Å². The molecular weight excluding hydrogens is 368 g/mol. The molecule has 28 heavy (non-hydrogen) atoms. The summed E-state index contributed by atoms with van der Waals surface area (Å²) in [5.74, 6) is -0.161. The number of carbonyl (C=O) groups excluding carboxylic acids is 1. The predicted octanol–water partition coefficient (Wildman–Crippen LogP) is 4.67. The molecule has 2 aromatic carbocycles. The first-order chi connectivity index (χ1) is 13.6. The number of amidine groups is 1. The number of nitrogens with one attached hydrogen (secondary N) is 1. The van der Waals surface area contributed by atoms with E-state index in [4.69, 9.17) is 5.26 Å². The van der Waals surface area contributed by atoms with E-state index in [-0.39, 0.29) is 12.5 Å². The highest BCUT2D eigenvalue weighted by molar-refractivity contribution is 8.18. The summed E-state index contributed by atoms with van der Waals surface area (Å²) in [6, 6.07) is 16.0. The van der Waals surface area contributed by atoms with Gasteiger partial charge in [0.1, 0.15) is 6.54 Å². The third-order valence-electron chi connectivity index (χ3n) is 4.80. The van der Waals surface area contributed by atoms with Crippen LogP contribution in [0, 0.1) is 25.2 Å². The minimum Gasteiger partial charge on any atom is -0.333 e. The first-order valence-electron chi connectivity index (χ1n) is 8.87. The number of aryl methyl sites for hydroxylation is 1. The van der Waals surface area contributed by atoms with Gasteiger partial charge in [0.15, 0.2) is 5.17 Å². The molecule has 2 heterocycles. The number of rotatable bonds is 3. The minimum atomic E-state index is -0.161. The Kier molecular flexibility index (Phi) is 4.76. The van der Waals surface area contributed by atoms with Crippen LogP contribution >= 0.6 is 11.8 Å². The second-order valence-corrected chi connectivity index (χ2v) is 7.62. The number of fused-ring (bicyclic) bond motifs is 1. The van der Waals surface area contributed by atoms with E-state index in [0.29, 0.717) is 10.1 Å². The first-order valence-corrected chi connectivity index (χ1v) is 9.69. The van der Waals surface area contributed by atoms with Crippen molar-refractivity contribution in [3.8, 4) is 6.07 Å². The monoisotopic (exact) mass is 386 g/mol. The summed E-state index contributed by atoms with van der Waals surface area (Å²) < 4.78 is 1.89. The molecule has 0 spiro atoms. The number of hydrogen-bond acceptors (Lipinski definition) is 4. The van der Waals surface area contributed by atoms with Crippen molar-refractivity contribution in [2.45, 2.75) is 20.4 Å². The number of amides is 1. The van der Waals surface area contributed by atoms with Crippen molar-refractivity contribution in [1.29, 1.82) is 5.26 Å². The number of para-hydroxylation sites is 1. The van der Waals surface area contributed by atoms with Gasteiger partial charge in [-0.05, 0) is 54.9 Å². The first kappa shape index (κ1) is 18.1. The van der Waals surface area contributed by atoms with Crippen LogP contribution in [0.15, 0.2) is 58.6 Å². The van der Waals surface area contributed by atoms with Crippen molar-refractivity contribution >= 4 is 45.5 Å². The summed E-state index contributed by atoms with van der Waals surface area (Å²) >= 11 is 1.33. The molecule has 1 fully saturated rings. The van der Waals surface area contributed by atoms with Crippen LogP contribution in [-0.2, 0) is 11.3 Å². The molecular formula is C22H18N4OS. The average molecular weight is 386 g/mol. The lowest BCUT2D eigenvalue weighted by Gasteiger charge is -2.04. The van der Waals surface area contributed by atoms with Gasteiger partial charge in [-0.2, -0.15) is 5.26 Å². The van der Waals surface area contributed by atoms with E-state index in [9.17, 15) is 4.79 Å². The van der Waals surface area contributed by atoms with Crippen LogP contribution in [0.1, 0.15) is 16.7 Å². The number of aliphatic imine (C=N–C) groups is 1. The van der Waals surface area contributed by atoms with Gasteiger partial charge in [-0.1, -0.05) is 30.3 Å². The van der Waals surface area contributed by atoms with Gasteiger partial charge in [0.2, 0.25) is 0 Å². The Morgan fingerprint density at radius 1 is 1.21 bits per heavy atom. The summed E-state index contributed by atoms with van der Waals surface area (Å²) in [6.07, 6.45) is 3.77. The van der Waals surface area contributed by atoms with Crippen LogP contribution in [0.2, 0.25) is 0 Å². The molecule has 0 aliphatic carbocycles. The van der Waals surface area contributed by atoms with Crippen molar-refractivity contribution in [3.05, 3.63) is 70.3 Å². The number of nitriles is 1. The molecule has 1 saturated heterocycles. The molecule has 0 atom stereocenters. The number of nitrogens with zero attached hydrogens (tertiary/aromatic N) is 3. The molecule has 1 aromatic heterocycles. The number of aromatic nitrogens is 1. The van der Waals surface area contributed by atoms with Crippen molar-refractivity contribution < 1.29 is 4.79 Å². The van der Waals surface area contributed by atoms with Gasteiger partial charge in [-0.25, -0.2) is 4.99 Å². The van der Waals surface area contributed by atoms with E-state index in [2.05, 4.69) is 16.4 Å². The van der Waals surface area contributed by atoms with E-state index < -0.39 is 0 Å². The van der Waals surface area contributed by atoms with E-state index in [0.717, 1.165) is 33.3 Å². The summed E-state index contributed by atoms with van der Waals surface area (Å²) in [5.41, 5.74) is 5.01. The molecule has 1 aliphatic heterocycles. The fourth-order valence-electron chi connectivity index (χ4n) is 3.19. The Labute approximate surface area is 167 Å². The van der Waals surface area contributed by atoms with Gasteiger partial charge >= 0.3 is 0 Å². The topological polar surface area (TPSA) is 70.2 Å². The molecule has 0 unspecified atom stereocenters. The maximum absolute atomic E-state index is 12.5. The van der Waals surface area contributed by atoms with Gasteiger partial charge < -0.3 is 9.88 Å². The van der Waals surface area contributed by atoms with Gasteiger partial charge in [0, 0.05) is 22.7 Å². The largest absolute Gasteiger partial charge is 0.333 e. The fraction of sp³-hybridized carbons (Fsp3) is 0.136. The SMILES string of the molecule is Cc1cccc(N=C2NC(=O)/C(=C/c3cn(CC#N)c4ccccc34)S2)c1C. The van der Waals surface area contributed by atoms with E-state index in [1.807, 2.05) is 73.2 Å². The maximum Gasteiger partial charge on any atom is 0.264 e. The maximum atomic E-state index is 12.5. The van der Waals surface area contributed by atoms with Gasteiger partial charge in [-0.3, -0.25) is 4.79 Å². The highest BCUT2D eigenvalue weighted by Gasteiger charge is 2.24. The van der Waals surface area contributed by atoms with Gasteiger partial charge in [-0.15, -0.1) is 0 Å². The third-order valence-corrected chi connectivity index (χ3v) is 5.71. The number of hydrogen-bond donors (Lipinski definition) is 1. The third kappa shape index (κ3) is 3.32. The lowest BCUT2D eigenvalue weighted by Crippen LogP contribution is -2.19. The van der Waals surface area contributed by atoms with Crippen LogP contribution < -0.4 is 5.32 Å². The minimum absolute atomic E-state index is 0.161. The molecule has 138 valence electrons. The summed E-state index contributed by atoms with van der Waals surface area (Å²) in [7, 11) is 0. The molecule has 0 bridgehead atoms. The number of carbonyl (C=O) groups is 1. The van der Waals surface area contributed by atoms with Gasteiger partial charge in [0.25, 0.3) is 5.91 Å². The highest BCUT2D eigenvalue weighted by Crippen LogP contribution is 2.32. The zero-order valence-corrected chi connectivity index (χ0v) is 16.4. The Bertz CT molecular complexity index is 1200. The lowest BCUT2D eigenvalue weighted by atomic mass is 10.1. The molecule has 5 nitrogen and oxygen atoms in total. The van der Waals surface area contributed by atoms with E-state index in [1.165, 1.54) is 11.8 Å². The van der Waals surface area contributed by atoms with Crippen LogP contribution in [-0.4, -0.2) is 15.6 Å². The molecule has 1 N–H and O–H groups in total. The number of benzene rings is 2. The Balaban J connectivity index is 1.69. The molecule has 1 aliphatic rings. The zero-order valence-electron chi connectivity index (χ0n) is 15.6. The second kappa shape index (κ2) is 7.37. The van der Waals surface area contributed by atoms with Crippen molar-refractivity contribution in [2.24, 2.45) is 4.99 Å². The van der Waals surface area contributed by atoms with Crippen LogP contribution in [0.4, 0.5) is 5.69 Å². The standard InChI is InChI=1S/C22H18N4OS/c1-14-6-5-8-18(15(14)2)24-22-25-21(27)20(28-22)12-16-13-26(11-10-23)19-9-4-3-7-17(16)19/h3-9,12-13H,11H2,1-2H3,(H,24,25,27)/b20-12-. The lowest BCUT2D eigenvalue weighted by molar-refractivity contribution is -0.115. The van der Waals surface area contributed by atoms with Crippen LogP contribution in [0.5, 0.6) is 0 Å². The summed E-state index contributed by atoms with van der Waals surface area (Å²) in [5, 5.41) is 13.5.